The maximum absolute atomic E-state index is 11.9. The molecule has 0 amide bonds. The molecule has 0 bridgehead atoms. The first-order chi connectivity index (χ1) is 8.67. The van der Waals surface area contributed by atoms with Crippen molar-refractivity contribution < 1.29 is 14.3 Å². The minimum absolute atomic E-state index is 0.273. The topological polar surface area (TPSA) is 65.7 Å². The van der Waals surface area contributed by atoms with Crippen LogP contribution in [0.3, 0.4) is 0 Å². The number of methoxy groups -OCH3 is 1. The van der Waals surface area contributed by atoms with Crippen LogP contribution in [0.4, 0.5) is 0 Å². The summed E-state index contributed by atoms with van der Waals surface area (Å²) in [5.74, 6) is 0.122. The number of aryl methyl sites for hydroxylation is 1. The zero-order chi connectivity index (χ0) is 12.8. The first kappa shape index (κ1) is 11.2. The third-order valence-electron chi connectivity index (χ3n) is 3.26. The van der Waals surface area contributed by atoms with Gasteiger partial charge >= 0.3 is 5.97 Å². The van der Waals surface area contributed by atoms with E-state index in [0.717, 1.165) is 11.2 Å². The second-order valence-corrected chi connectivity index (χ2v) is 4.46. The highest BCUT2D eigenvalue weighted by Crippen LogP contribution is 2.32. The van der Waals surface area contributed by atoms with E-state index in [1.54, 1.807) is 4.52 Å². The quantitative estimate of drug-likeness (QED) is 0.722. The second kappa shape index (κ2) is 3.78. The zero-order valence-electron chi connectivity index (χ0n) is 10.2. The first-order valence-electron chi connectivity index (χ1n) is 5.66. The average Bonchev–Trinajstić information content (AvgIpc) is 2.73. The molecular weight excluding hydrogens is 234 g/mol. The molecular formula is C12H13N3O3. The van der Waals surface area contributed by atoms with Crippen LogP contribution in [0, 0.1) is 6.92 Å². The Bertz CT molecular complexity index is 616. The van der Waals surface area contributed by atoms with Crippen LogP contribution in [0.5, 0.6) is 0 Å². The fourth-order valence-electron chi connectivity index (χ4n) is 2.08. The number of fused-ring (bicyclic) bond motifs is 1. The first-order valence-corrected chi connectivity index (χ1v) is 5.66. The van der Waals surface area contributed by atoms with Crippen molar-refractivity contribution in [1.82, 2.24) is 14.6 Å². The number of pyridine rings is 1. The Kier molecular flexibility index (Phi) is 2.34. The number of esters is 1. The Labute approximate surface area is 104 Å². The zero-order valence-corrected chi connectivity index (χ0v) is 10.2. The summed E-state index contributed by atoms with van der Waals surface area (Å²) in [7, 11) is 1.36. The normalized spacial score (nSPS) is 17.4. The highest BCUT2D eigenvalue weighted by molar-refractivity contribution is 5.83. The number of aromatic nitrogens is 3. The van der Waals surface area contributed by atoms with Crippen LogP contribution >= 0.6 is 0 Å². The van der Waals surface area contributed by atoms with Gasteiger partial charge in [0, 0.05) is 6.20 Å². The van der Waals surface area contributed by atoms with Crippen LogP contribution in [-0.4, -0.2) is 40.9 Å². The second-order valence-electron chi connectivity index (χ2n) is 4.46. The molecule has 0 saturated carbocycles. The molecule has 0 aromatic carbocycles. The average molecular weight is 247 g/mol. The predicted molar refractivity (Wildman–Crippen MR) is 62.2 cm³/mol. The summed E-state index contributed by atoms with van der Waals surface area (Å²) in [6.45, 7) is 2.50. The molecule has 1 saturated heterocycles. The van der Waals surface area contributed by atoms with E-state index in [-0.39, 0.29) is 19.2 Å². The Morgan fingerprint density at radius 1 is 1.56 bits per heavy atom. The van der Waals surface area contributed by atoms with E-state index >= 15 is 0 Å². The standard InChI is InChI=1S/C12H13N3O3/c1-8-4-3-5-15-9(8)13-10(14-15)12(6-18-7-12)11(16)17-2/h3-5H,6-7H2,1-2H3. The van der Waals surface area contributed by atoms with Gasteiger partial charge < -0.3 is 9.47 Å². The van der Waals surface area contributed by atoms with E-state index < -0.39 is 5.41 Å². The molecule has 6 heteroatoms. The molecule has 0 radical (unpaired) electrons. The lowest BCUT2D eigenvalue weighted by Gasteiger charge is -2.35. The Morgan fingerprint density at radius 2 is 2.33 bits per heavy atom. The summed E-state index contributed by atoms with van der Waals surface area (Å²) in [4.78, 5) is 16.3. The van der Waals surface area contributed by atoms with Crippen LogP contribution in [0.25, 0.3) is 5.65 Å². The van der Waals surface area contributed by atoms with E-state index in [2.05, 4.69) is 10.1 Å². The van der Waals surface area contributed by atoms with Gasteiger partial charge in [-0.3, -0.25) is 4.79 Å². The van der Waals surface area contributed by atoms with Crippen molar-refractivity contribution >= 4 is 11.6 Å². The molecule has 0 unspecified atom stereocenters. The summed E-state index contributed by atoms with van der Waals surface area (Å²) in [6.07, 6.45) is 1.81. The largest absolute Gasteiger partial charge is 0.468 e. The van der Waals surface area contributed by atoms with Gasteiger partial charge in [0.15, 0.2) is 16.9 Å². The van der Waals surface area contributed by atoms with Gasteiger partial charge in [-0.05, 0) is 18.6 Å². The number of hydrogen-bond donors (Lipinski definition) is 0. The lowest BCUT2D eigenvalue weighted by Crippen LogP contribution is -2.54. The Hall–Kier alpha value is -1.95. The number of hydrogen-bond acceptors (Lipinski definition) is 5. The molecule has 2 aromatic heterocycles. The van der Waals surface area contributed by atoms with E-state index in [0.29, 0.717) is 5.82 Å². The maximum atomic E-state index is 11.9. The summed E-state index contributed by atoms with van der Waals surface area (Å²) < 4.78 is 11.7. The molecule has 0 atom stereocenters. The number of ether oxygens (including phenoxy) is 2. The number of rotatable bonds is 2. The fourth-order valence-corrected chi connectivity index (χ4v) is 2.08. The van der Waals surface area contributed by atoms with Crippen molar-refractivity contribution in [2.75, 3.05) is 20.3 Å². The summed E-state index contributed by atoms with van der Waals surface area (Å²) in [5, 5.41) is 4.36. The van der Waals surface area contributed by atoms with E-state index in [9.17, 15) is 4.79 Å². The third kappa shape index (κ3) is 1.35. The maximum Gasteiger partial charge on any atom is 0.324 e. The monoisotopic (exact) mass is 247 g/mol. The molecule has 6 nitrogen and oxygen atoms in total. The molecule has 3 heterocycles. The predicted octanol–water partition coefficient (Wildman–Crippen LogP) is 0.479. The molecule has 18 heavy (non-hydrogen) atoms. The van der Waals surface area contributed by atoms with Crippen molar-refractivity contribution in [1.29, 1.82) is 0 Å². The van der Waals surface area contributed by atoms with Crippen LogP contribution in [0.1, 0.15) is 11.4 Å². The van der Waals surface area contributed by atoms with E-state index in [4.69, 9.17) is 9.47 Å². The van der Waals surface area contributed by atoms with Gasteiger partial charge in [0.05, 0.1) is 20.3 Å². The molecule has 2 aromatic rings. The Balaban J connectivity index is 2.14. The molecule has 1 aliphatic heterocycles. The van der Waals surface area contributed by atoms with Crippen molar-refractivity contribution in [2.45, 2.75) is 12.3 Å². The minimum Gasteiger partial charge on any atom is -0.468 e. The van der Waals surface area contributed by atoms with E-state index in [1.165, 1.54) is 7.11 Å². The lowest BCUT2D eigenvalue weighted by molar-refractivity contribution is -0.167. The van der Waals surface area contributed by atoms with Crippen LogP contribution in [-0.2, 0) is 19.7 Å². The van der Waals surface area contributed by atoms with Crippen molar-refractivity contribution in [3.05, 3.63) is 29.7 Å². The van der Waals surface area contributed by atoms with Gasteiger partial charge in [-0.25, -0.2) is 9.50 Å². The Morgan fingerprint density at radius 3 is 2.89 bits per heavy atom. The van der Waals surface area contributed by atoms with Gasteiger partial charge in [-0.2, -0.15) is 0 Å². The van der Waals surface area contributed by atoms with Gasteiger partial charge in [-0.15, -0.1) is 5.10 Å². The summed E-state index contributed by atoms with van der Waals surface area (Å²) in [6, 6.07) is 3.85. The number of carbonyl (C=O) groups is 1. The van der Waals surface area contributed by atoms with Crippen molar-refractivity contribution in [3.63, 3.8) is 0 Å². The lowest BCUT2D eigenvalue weighted by atomic mass is 9.85. The number of nitrogens with zero attached hydrogens (tertiary/aromatic N) is 3. The smallest absolute Gasteiger partial charge is 0.324 e. The van der Waals surface area contributed by atoms with Crippen LogP contribution < -0.4 is 0 Å². The van der Waals surface area contributed by atoms with Gasteiger partial charge in [0.25, 0.3) is 0 Å². The summed E-state index contributed by atoms with van der Waals surface area (Å²) >= 11 is 0. The van der Waals surface area contributed by atoms with Crippen LogP contribution in [0.15, 0.2) is 18.3 Å². The minimum atomic E-state index is -0.840. The molecule has 0 spiro atoms. The van der Waals surface area contributed by atoms with Crippen molar-refractivity contribution in [2.24, 2.45) is 0 Å². The van der Waals surface area contributed by atoms with Crippen molar-refractivity contribution in [3.8, 4) is 0 Å². The van der Waals surface area contributed by atoms with Crippen LogP contribution in [0.2, 0.25) is 0 Å². The SMILES string of the molecule is COC(=O)C1(c2nc3c(C)cccn3n2)COC1. The molecule has 1 aliphatic rings. The molecule has 0 aliphatic carbocycles. The van der Waals surface area contributed by atoms with E-state index in [1.807, 2.05) is 25.3 Å². The van der Waals surface area contributed by atoms with Gasteiger partial charge in [-0.1, -0.05) is 6.07 Å². The third-order valence-corrected chi connectivity index (χ3v) is 3.26. The molecule has 0 N–H and O–H groups in total. The molecule has 3 rings (SSSR count). The van der Waals surface area contributed by atoms with Gasteiger partial charge in [0.2, 0.25) is 0 Å². The molecule has 94 valence electrons. The summed E-state index contributed by atoms with van der Waals surface area (Å²) in [5.41, 5.74) is 0.923. The number of carbonyl (C=O) groups excluding carboxylic acids is 1. The fraction of sp³-hybridized carbons (Fsp3) is 0.417. The molecule has 1 fully saturated rings. The van der Waals surface area contributed by atoms with Gasteiger partial charge in [0.1, 0.15) is 0 Å². The highest BCUT2D eigenvalue weighted by atomic mass is 16.5. The highest BCUT2D eigenvalue weighted by Gasteiger charge is 2.52.